The van der Waals surface area contributed by atoms with E-state index in [9.17, 15) is 27.6 Å². The Morgan fingerprint density at radius 3 is 2.33 bits per heavy atom. The summed E-state index contributed by atoms with van der Waals surface area (Å²) < 4.78 is 46.8. The first-order valence-electron chi connectivity index (χ1n) is 11.5. The molecule has 39 heavy (non-hydrogen) atoms. The molecule has 0 radical (unpaired) electrons. The van der Waals surface area contributed by atoms with E-state index in [4.69, 9.17) is 4.74 Å². The first kappa shape index (κ1) is 28.1. The topological polar surface area (TPSA) is 121 Å². The number of aromatic nitrogens is 1. The molecule has 1 aromatic heterocycles. The molecule has 2 heterocycles. The number of ether oxygens (including phenoxy) is 1. The van der Waals surface area contributed by atoms with Crippen LogP contribution in [0.1, 0.15) is 22.5 Å². The normalized spacial score (nSPS) is 14.8. The third kappa shape index (κ3) is 7.57. The van der Waals surface area contributed by atoms with Gasteiger partial charge in [0.1, 0.15) is 17.2 Å². The molecule has 0 aliphatic carbocycles. The molecule has 1 aliphatic heterocycles. The van der Waals surface area contributed by atoms with Gasteiger partial charge in [-0.1, -0.05) is 21.6 Å². The van der Waals surface area contributed by atoms with E-state index in [0.29, 0.717) is 23.6 Å². The van der Waals surface area contributed by atoms with E-state index >= 15 is 0 Å². The smallest absolute Gasteiger partial charge is 0.418 e. The summed E-state index contributed by atoms with van der Waals surface area (Å²) in [5.74, 6) is 0.695. The van der Waals surface area contributed by atoms with Crippen molar-refractivity contribution >= 4 is 56.5 Å². The van der Waals surface area contributed by atoms with Crippen molar-refractivity contribution in [3.8, 4) is 11.5 Å². The number of urea groups is 1. The van der Waals surface area contributed by atoms with Gasteiger partial charge >= 0.3 is 12.2 Å². The van der Waals surface area contributed by atoms with Crippen molar-refractivity contribution in [2.45, 2.75) is 17.8 Å². The van der Waals surface area contributed by atoms with Gasteiger partial charge < -0.3 is 26.0 Å². The number of nitrogens with one attached hydrogen (secondary N) is 4. The number of rotatable bonds is 7. The van der Waals surface area contributed by atoms with Crippen molar-refractivity contribution < 1.29 is 32.3 Å². The van der Waals surface area contributed by atoms with Crippen LogP contribution in [0.25, 0.3) is 0 Å². The second-order valence-electron chi connectivity index (χ2n) is 8.10. The number of benzene rings is 2. The summed E-state index contributed by atoms with van der Waals surface area (Å²) in [4.78, 5) is 40.4. The molecule has 0 spiro atoms. The highest BCUT2D eigenvalue weighted by Crippen LogP contribution is 2.40. The minimum Gasteiger partial charge on any atom is -0.457 e. The molecule has 1 unspecified atom stereocenters. The van der Waals surface area contributed by atoms with Gasteiger partial charge in [-0.05, 0) is 55.0 Å². The van der Waals surface area contributed by atoms with Gasteiger partial charge in [0.05, 0.1) is 16.5 Å². The van der Waals surface area contributed by atoms with Crippen LogP contribution in [-0.4, -0.2) is 40.9 Å². The quantitative estimate of drug-likeness (QED) is 0.255. The molecule has 0 saturated carbocycles. The maximum absolute atomic E-state index is 13.7. The molecule has 1 saturated heterocycles. The minimum atomic E-state index is -4.75. The Labute approximate surface area is 229 Å². The van der Waals surface area contributed by atoms with Crippen LogP contribution >= 0.6 is 21.6 Å². The van der Waals surface area contributed by atoms with Crippen molar-refractivity contribution in [2.24, 2.45) is 0 Å². The molecule has 1 fully saturated rings. The molecule has 3 aromatic rings. The Morgan fingerprint density at radius 2 is 1.67 bits per heavy atom. The monoisotopic (exact) mass is 577 g/mol. The maximum atomic E-state index is 13.7. The highest BCUT2D eigenvalue weighted by Gasteiger charge is 2.35. The van der Waals surface area contributed by atoms with Gasteiger partial charge in [0.15, 0.2) is 0 Å². The number of carbonyl (C=O) groups excluding carboxylic acids is 3. The zero-order valence-corrected chi connectivity index (χ0v) is 21.9. The molecule has 204 valence electrons. The summed E-state index contributed by atoms with van der Waals surface area (Å²) in [6.07, 6.45) is -2.74. The van der Waals surface area contributed by atoms with Crippen LogP contribution in [0, 0.1) is 0 Å². The standard InChI is InChI=1S/C25H22F3N5O4S2/c1-29-22(34)20-13-17(8-10-30-20)37-16-5-2-14(3-6-16)31-24(36)32-15-4-7-19(18(12-15)25(26,27)28)33-23(35)21-9-11-38-39-21/h2-8,10,12-13,21H,9,11H2,1H3,(H,29,34)(H,33,35)(H2,31,32,36). The number of anilines is 3. The Morgan fingerprint density at radius 1 is 0.949 bits per heavy atom. The number of carbonyl (C=O) groups is 3. The largest absolute Gasteiger partial charge is 0.457 e. The van der Waals surface area contributed by atoms with Crippen molar-refractivity contribution in [1.82, 2.24) is 10.3 Å². The molecular formula is C25H22F3N5O4S2. The fourth-order valence-corrected chi connectivity index (χ4v) is 6.17. The molecule has 1 atom stereocenters. The van der Waals surface area contributed by atoms with Crippen LogP contribution in [0.5, 0.6) is 11.5 Å². The van der Waals surface area contributed by atoms with Crippen LogP contribution < -0.4 is 26.0 Å². The van der Waals surface area contributed by atoms with E-state index in [1.54, 1.807) is 18.2 Å². The van der Waals surface area contributed by atoms with E-state index in [-0.39, 0.29) is 23.0 Å². The Bertz CT molecular complexity index is 1370. The number of alkyl halides is 3. The Balaban J connectivity index is 1.38. The van der Waals surface area contributed by atoms with Crippen LogP contribution in [0.3, 0.4) is 0 Å². The molecule has 9 nitrogen and oxygen atoms in total. The van der Waals surface area contributed by atoms with E-state index in [1.165, 1.54) is 59.1 Å². The molecule has 4 amide bonds. The van der Waals surface area contributed by atoms with Crippen molar-refractivity contribution in [3.05, 3.63) is 72.1 Å². The number of nitrogens with zero attached hydrogens (tertiary/aromatic N) is 1. The average Bonchev–Trinajstić information content (AvgIpc) is 3.45. The lowest BCUT2D eigenvalue weighted by Crippen LogP contribution is -2.25. The van der Waals surface area contributed by atoms with E-state index in [0.717, 1.165) is 17.9 Å². The summed E-state index contributed by atoms with van der Waals surface area (Å²) in [6, 6.07) is 11.6. The molecule has 2 aromatic carbocycles. The molecule has 4 N–H and O–H groups in total. The van der Waals surface area contributed by atoms with Crippen LogP contribution in [-0.2, 0) is 11.0 Å². The van der Waals surface area contributed by atoms with Gasteiger partial charge in [0.2, 0.25) is 5.91 Å². The second kappa shape index (κ2) is 12.3. The zero-order chi connectivity index (χ0) is 28.0. The van der Waals surface area contributed by atoms with Crippen molar-refractivity contribution in [1.29, 1.82) is 0 Å². The lowest BCUT2D eigenvalue weighted by Gasteiger charge is -2.17. The predicted molar refractivity (Wildman–Crippen MR) is 145 cm³/mol. The van der Waals surface area contributed by atoms with E-state index < -0.39 is 28.9 Å². The lowest BCUT2D eigenvalue weighted by atomic mass is 10.1. The zero-order valence-electron chi connectivity index (χ0n) is 20.3. The molecule has 4 rings (SSSR count). The van der Waals surface area contributed by atoms with Crippen LogP contribution in [0.15, 0.2) is 60.8 Å². The summed E-state index contributed by atoms with van der Waals surface area (Å²) in [5.41, 5.74) is -1.01. The van der Waals surface area contributed by atoms with Gasteiger partial charge in [-0.3, -0.25) is 14.6 Å². The van der Waals surface area contributed by atoms with Gasteiger partial charge in [-0.25, -0.2) is 4.79 Å². The van der Waals surface area contributed by atoms with Gasteiger partial charge in [-0.15, -0.1) is 0 Å². The highest BCUT2D eigenvalue weighted by atomic mass is 33.1. The number of halogens is 3. The molecule has 0 bridgehead atoms. The highest BCUT2D eigenvalue weighted by molar-refractivity contribution is 8.77. The van der Waals surface area contributed by atoms with Gasteiger partial charge in [0.25, 0.3) is 5.91 Å². The van der Waals surface area contributed by atoms with E-state index in [1.807, 2.05) is 0 Å². The minimum absolute atomic E-state index is 0.104. The summed E-state index contributed by atoms with van der Waals surface area (Å²) >= 11 is 0. The lowest BCUT2D eigenvalue weighted by molar-refractivity contribution is -0.136. The van der Waals surface area contributed by atoms with Crippen LogP contribution in [0.2, 0.25) is 0 Å². The van der Waals surface area contributed by atoms with Crippen molar-refractivity contribution in [2.75, 3.05) is 28.8 Å². The van der Waals surface area contributed by atoms with Crippen molar-refractivity contribution in [3.63, 3.8) is 0 Å². The first-order valence-corrected chi connectivity index (χ1v) is 13.8. The third-order valence-electron chi connectivity index (χ3n) is 5.32. The number of hydrogen-bond acceptors (Lipinski definition) is 7. The maximum Gasteiger partial charge on any atom is 0.418 e. The molecule has 14 heteroatoms. The fraction of sp³-hybridized carbons (Fsp3) is 0.200. The van der Waals surface area contributed by atoms with Gasteiger partial charge in [0, 0.05) is 36.4 Å². The number of hydrogen-bond donors (Lipinski definition) is 4. The first-order chi connectivity index (χ1) is 18.6. The number of amides is 4. The third-order valence-corrected chi connectivity index (χ3v) is 8.15. The Hall–Kier alpha value is -3.91. The Kier molecular flexibility index (Phi) is 8.86. The number of pyridine rings is 1. The average molecular weight is 578 g/mol. The SMILES string of the molecule is CNC(=O)c1cc(Oc2ccc(NC(=O)Nc3ccc(NC(=O)C4CCSS4)c(C(F)(F)F)c3)cc2)ccn1. The second-order valence-corrected chi connectivity index (χ2v) is 10.8. The van der Waals surface area contributed by atoms with E-state index in [2.05, 4.69) is 26.3 Å². The summed E-state index contributed by atoms with van der Waals surface area (Å²) in [5, 5.41) is 9.31. The molecule has 1 aliphatic rings. The fourth-order valence-electron chi connectivity index (χ4n) is 3.45. The van der Waals surface area contributed by atoms with Crippen LogP contribution in [0.4, 0.5) is 35.0 Å². The predicted octanol–water partition coefficient (Wildman–Crippen LogP) is 5.99. The summed E-state index contributed by atoms with van der Waals surface area (Å²) in [7, 11) is 4.32. The summed E-state index contributed by atoms with van der Waals surface area (Å²) in [6.45, 7) is 0. The van der Waals surface area contributed by atoms with Gasteiger partial charge in [-0.2, -0.15) is 13.2 Å². The molecular weight excluding hydrogens is 555 g/mol.